The van der Waals surface area contributed by atoms with E-state index in [0.29, 0.717) is 23.1 Å². The summed E-state index contributed by atoms with van der Waals surface area (Å²) >= 11 is 0. The molecule has 2 rings (SSSR count). The minimum atomic E-state index is -0.0616. The lowest BCUT2D eigenvalue weighted by atomic mass is 10.0. The summed E-state index contributed by atoms with van der Waals surface area (Å²) < 4.78 is 11.0. The second kappa shape index (κ2) is 7.49. The molecule has 0 spiro atoms. The van der Waals surface area contributed by atoms with Gasteiger partial charge in [0.05, 0.1) is 13.2 Å². The third kappa shape index (κ3) is 4.37. The summed E-state index contributed by atoms with van der Waals surface area (Å²) in [5, 5.41) is 6.48. The van der Waals surface area contributed by atoms with E-state index in [4.69, 9.17) is 9.47 Å². The van der Waals surface area contributed by atoms with Crippen molar-refractivity contribution in [3.8, 4) is 11.5 Å². The minimum absolute atomic E-state index is 0.0600. The molecular formula is C17H26N2O3. The summed E-state index contributed by atoms with van der Waals surface area (Å²) in [5.74, 6) is 1.18. The van der Waals surface area contributed by atoms with Crippen LogP contribution in [0.3, 0.4) is 0 Å². The zero-order valence-electron chi connectivity index (χ0n) is 13.8. The first-order valence-electron chi connectivity index (χ1n) is 7.88. The van der Waals surface area contributed by atoms with Crippen LogP contribution in [0.4, 0.5) is 0 Å². The van der Waals surface area contributed by atoms with Gasteiger partial charge < -0.3 is 20.1 Å². The van der Waals surface area contributed by atoms with Gasteiger partial charge in [-0.1, -0.05) is 0 Å². The lowest BCUT2D eigenvalue weighted by Gasteiger charge is -2.28. The Hall–Kier alpha value is -1.75. The van der Waals surface area contributed by atoms with Crippen molar-refractivity contribution in [1.82, 2.24) is 10.6 Å². The molecule has 1 aliphatic heterocycles. The molecule has 1 aromatic carbocycles. The van der Waals surface area contributed by atoms with Gasteiger partial charge in [-0.2, -0.15) is 0 Å². The maximum absolute atomic E-state index is 12.4. The number of benzene rings is 1. The predicted octanol–water partition coefficient (Wildman–Crippen LogP) is 2.35. The third-order valence-corrected chi connectivity index (χ3v) is 3.75. The summed E-state index contributed by atoms with van der Waals surface area (Å²) in [6, 6.07) is 5.97. The highest BCUT2D eigenvalue weighted by atomic mass is 16.5. The van der Waals surface area contributed by atoms with Gasteiger partial charge in [-0.3, -0.25) is 4.79 Å². The molecule has 0 aromatic heterocycles. The summed E-state index contributed by atoms with van der Waals surface area (Å²) in [5.41, 5.74) is 0.596. The Kier molecular flexibility index (Phi) is 5.66. The van der Waals surface area contributed by atoms with Crippen LogP contribution in [0.2, 0.25) is 0 Å². The fourth-order valence-electron chi connectivity index (χ4n) is 2.69. The van der Waals surface area contributed by atoms with E-state index in [0.717, 1.165) is 19.4 Å². The molecule has 0 bridgehead atoms. The van der Waals surface area contributed by atoms with E-state index in [1.807, 2.05) is 13.8 Å². The van der Waals surface area contributed by atoms with Crippen LogP contribution in [0.1, 0.15) is 44.0 Å². The fourth-order valence-corrected chi connectivity index (χ4v) is 2.69. The van der Waals surface area contributed by atoms with E-state index in [-0.39, 0.29) is 18.1 Å². The molecule has 0 saturated carbocycles. The van der Waals surface area contributed by atoms with Crippen LogP contribution < -0.4 is 20.1 Å². The van der Waals surface area contributed by atoms with Gasteiger partial charge in [0.1, 0.15) is 0 Å². The number of nitrogens with one attached hydrogen (secondary N) is 2. The number of carbonyl (C=O) groups excluding carboxylic acids is 1. The van der Waals surface area contributed by atoms with Gasteiger partial charge in [-0.25, -0.2) is 0 Å². The Morgan fingerprint density at radius 1 is 1.36 bits per heavy atom. The average Bonchev–Trinajstić information content (AvgIpc) is 2.47. The molecule has 122 valence electrons. The van der Waals surface area contributed by atoms with Gasteiger partial charge >= 0.3 is 0 Å². The van der Waals surface area contributed by atoms with Crippen molar-refractivity contribution >= 4 is 5.91 Å². The first-order chi connectivity index (χ1) is 10.5. The van der Waals surface area contributed by atoms with Crippen LogP contribution >= 0.6 is 0 Å². The van der Waals surface area contributed by atoms with Crippen molar-refractivity contribution in [3.63, 3.8) is 0 Å². The molecule has 5 heteroatoms. The SMILES string of the molecule is COc1cc(C(=O)NC2CCNC(C)C2)ccc1OC(C)C. The third-order valence-electron chi connectivity index (χ3n) is 3.75. The monoisotopic (exact) mass is 306 g/mol. The topological polar surface area (TPSA) is 59.6 Å². The molecule has 2 atom stereocenters. The molecule has 0 radical (unpaired) electrons. The molecule has 0 aliphatic carbocycles. The van der Waals surface area contributed by atoms with Crippen LogP contribution in [0.15, 0.2) is 18.2 Å². The summed E-state index contributed by atoms with van der Waals surface area (Å²) in [7, 11) is 1.58. The zero-order valence-corrected chi connectivity index (χ0v) is 13.8. The van der Waals surface area contributed by atoms with E-state index in [9.17, 15) is 4.79 Å². The van der Waals surface area contributed by atoms with E-state index < -0.39 is 0 Å². The molecule has 22 heavy (non-hydrogen) atoms. The van der Waals surface area contributed by atoms with Gasteiger partial charge in [0, 0.05) is 17.6 Å². The average molecular weight is 306 g/mol. The van der Waals surface area contributed by atoms with Crippen molar-refractivity contribution in [3.05, 3.63) is 23.8 Å². The smallest absolute Gasteiger partial charge is 0.251 e. The van der Waals surface area contributed by atoms with Gasteiger partial charge in [-0.05, 0) is 58.4 Å². The molecule has 1 aromatic rings. The van der Waals surface area contributed by atoms with Gasteiger partial charge in [0.2, 0.25) is 0 Å². The number of hydrogen-bond acceptors (Lipinski definition) is 4. The van der Waals surface area contributed by atoms with Crippen LogP contribution in [-0.4, -0.2) is 37.7 Å². The largest absolute Gasteiger partial charge is 0.493 e. The Bertz CT molecular complexity index is 517. The van der Waals surface area contributed by atoms with Crippen molar-refractivity contribution in [2.45, 2.75) is 51.8 Å². The number of carbonyl (C=O) groups is 1. The lowest BCUT2D eigenvalue weighted by molar-refractivity contribution is 0.0925. The first-order valence-corrected chi connectivity index (χ1v) is 7.88. The molecule has 5 nitrogen and oxygen atoms in total. The summed E-state index contributed by atoms with van der Waals surface area (Å²) in [6.07, 6.45) is 1.98. The van der Waals surface area contributed by atoms with Crippen LogP contribution in [0.25, 0.3) is 0 Å². The highest BCUT2D eigenvalue weighted by Crippen LogP contribution is 2.29. The molecular weight excluding hydrogens is 280 g/mol. The molecule has 2 N–H and O–H groups in total. The Morgan fingerprint density at radius 2 is 2.14 bits per heavy atom. The summed E-state index contributed by atoms with van der Waals surface area (Å²) in [6.45, 7) is 6.99. The van der Waals surface area contributed by atoms with Crippen molar-refractivity contribution in [2.75, 3.05) is 13.7 Å². The molecule has 2 unspecified atom stereocenters. The Morgan fingerprint density at radius 3 is 2.77 bits per heavy atom. The number of amides is 1. The second-order valence-electron chi connectivity index (χ2n) is 6.08. The standard InChI is InChI=1S/C17H26N2O3/c1-11(2)22-15-6-5-13(10-16(15)21-4)17(20)19-14-7-8-18-12(3)9-14/h5-6,10-12,14,18H,7-9H2,1-4H3,(H,19,20). The van der Waals surface area contributed by atoms with E-state index >= 15 is 0 Å². The highest BCUT2D eigenvalue weighted by molar-refractivity contribution is 5.95. The maximum Gasteiger partial charge on any atom is 0.251 e. The lowest BCUT2D eigenvalue weighted by Crippen LogP contribution is -2.46. The van der Waals surface area contributed by atoms with Gasteiger partial charge in [0.25, 0.3) is 5.91 Å². The highest BCUT2D eigenvalue weighted by Gasteiger charge is 2.21. The molecule has 1 saturated heterocycles. The second-order valence-corrected chi connectivity index (χ2v) is 6.08. The van der Waals surface area contributed by atoms with E-state index in [2.05, 4.69) is 17.6 Å². The molecule has 1 fully saturated rings. The normalized spacial score (nSPS) is 21.5. The van der Waals surface area contributed by atoms with Gasteiger partial charge in [0.15, 0.2) is 11.5 Å². The van der Waals surface area contributed by atoms with Crippen LogP contribution in [0.5, 0.6) is 11.5 Å². The van der Waals surface area contributed by atoms with E-state index in [1.54, 1.807) is 25.3 Å². The molecule has 1 amide bonds. The predicted molar refractivity (Wildman–Crippen MR) is 86.7 cm³/mol. The van der Waals surface area contributed by atoms with Crippen LogP contribution in [-0.2, 0) is 0 Å². The van der Waals surface area contributed by atoms with Crippen molar-refractivity contribution in [2.24, 2.45) is 0 Å². The number of piperidine rings is 1. The molecule has 1 aliphatic rings. The Balaban J connectivity index is 2.06. The number of ether oxygens (including phenoxy) is 2. The van der Waals surface area contributed by atoms with Gasteiger partial charge in [-0.15, -0.1) is 0 Å². The van der Waals surface area contributed by atoms with Crippen molar-refractivity contribution in [1.29, 1.82) is 0 Å². The fraction of sp³-hybridized carbons (Fsp3) is 0.588. The Labute approximate surface area is 132 Å². The summed E-state index contributed by atoms with van der Waals surface area (Å²) in [4.78, 5) is 12.4. The number of rotatable bonds is 5. The van der Waals surface area contributed by atoms with E-state index in [1.165, 1.54) is 0 Å². The number of methoxy groups -OCH3 is 1. The van der Waals surface area contributed by atoms with Crippen LogP contribution in [0, 0.1) is 0 Å². The first kappa shape index (κ1) is 16.6. The maximum atomic E-state index is 12.4. The molecule has 1 heterocycles. The van der Waals surface area contributed by atoms with Crippen molar-refractivity contribution < 1.29 is 14.3 Å². The number of hydrogen-bond donors (Lipinski definition) is 2. The minimum Gasteiger partial charge on any atom is -0.493 e. The quantitative estimate of drug-likeness (QED) is 0.877. The zero-order chi connectivity index (χ0) is 16.1.